The van der Waals surface area contributed by atoms with Gasteiger partial charge in [-0.1, -0.05) is 0 Å². The van der Waals surface area contributed by atoms with Crippen molar-refractivity contribution in [3.8, 4) is 5.88 Å². The third-order valence-electron chi connectivity index (χ3n) is 4.41. The molecule has 0 atom stereocenters. The third kappa shape index (κ3) is 3.13. The summed E-state index contributed by atoms with van der Waals surface area (Å²) in [5, 5.41) is 10.5. The van der Waals surface area contributed by atoms with Gasteiger partial charge >= 0.3 is 0 Å². The van der Waals surface area contributed by atoms with E-state index in [-0.39, 0.29) is 11.7 Å². The molecule has 0 bridgehead atoms. The zero-order chi connectivity index (χ0) is 18.1. The minimum absolute atomic E-state index is 0.111. The average molecular weight is 357 g/mol. The van der Waals surface area contributed by atoms with Crippen molar-refractivity contribution in [2.24, 2.45) is 4.99 Å². The second-order valence-electron chi connectivity index (χ2n) is 6.07. The zero-order valence-corrected chi connectivity index (χ0v) is 13.9. The second-order valence-corrected chi connectivity index (χ2v) is 6.07. The van der Waals surface area contributed by atoms with Crippen LogP contribution in [0.4, 0.5) is 20.2 Å². The summed E-state index contributed by atoms with van der Waals surface area (Å²) >= 11 is 0. The molecule has 7 heteroatoms. The molecular formula is C19H17F2N3O2. The number of anilines is 1. The van der Waals surface area contributed by atoms with E-state index in [2.05, 4.69) is 9.98 Å². The number of halogens is 2. The van der Waals surface area contributed by atoms with Crippen molar-refractivity contribution in [3.05, 3.63) is 53.6 Å². The van der Waals surface area contributed by atoms with Crippen LogP contribution in [0.25, 0.3) is 10.9 Å². The summed E-state index contributed by atoms with van der Waals surface area (Å²) in [6.07, 6.45) is 1.40. The number of nitrogens with zero attached hydrogens (tertiary/aromatic N) is 2. The number of benzene rings is 2. The van der Waals surface area contributed by atoms with Gasteiger partial charge in [-0.05, 0) is 30.3 Å². The van der Waals surface area contributed by atoms with Crippen molar-refractivity contribution in [2.45, 2.75) is 0 Å². The molecule has 2 heterocycles. The van der Waals surface area contributed by atoms with Crippen LogP contribution < -0.4 is 4.90 Å². The normalized spacial score (nSPS) is 15.2. The number of rotatable bonds is 3. The molecule has 0 radical (unpaired) electrons. The predicted molar refractivity (Wildman–Crippen MR) is 96.6 cm³/mol. The number of hydrogen-bond donors (Lipinski definition) is 2. The molecule has 5 nitrogen and oxygen atoms in total. The molecule has 0 spiro atoms. The Kier molecular flexibility index (Phi) is 4.30. The van der Waals surface area contributed by atoms with E-state index in [9.17, 15) is 13.9 Å². The fourth-order valence-electron chi connectivity index (χ4n) is 3.08. The summed E-state index contributed by atoms with van der Waals surface area (Å²) in [5.74, 6) is -0.887. The summed E-state index contributed by atoms with van der Waals surface area (Å²) in [4.78, 5) is 8.92. The number of aliphatic imine (C=N–C) groups is 1. The highest BCUT2D eigenvalue weighted by Crippen LogP contribution is 2.28. The zero-order valence-electron chi connectivity index (χ0n) is 13.9. The number of aromatic nitrogens is 1. The maximum absolute atomic E-state index is 14.4. The minimum atomic E-state index is -0.410. The van der Waals surface area contributed by atoms with Crippen molar-refractivity contribution < 1.29 is 18.6 Å². The number of fused-ring (bicyclic) bond motifs is 1. The van der Waals surface area contributed by atoms with E-state index in [1.807, 2.05) is 4.90 Å². The molecule has 1 aromatic heterocycles. The molecule has 1 fully saturated rings. The maximum Gasteiger partial charge on any atom is 0.198 e. The van der Waals surface area contributed by atoms with E-state index in [1.165, 1.54) is 24.4 Å². The number of H-pyrrole nitrogens is 1. The second kappa shape index (κ2) is 6.76. The van der Waals surface area contributed by atoms with E-state index in [4.69, 9.17) is 4.74 Å². The number of morpholine rings is 1. The SMILES string of the molecule is Oc1[nH]c2ccc(F)cc2c1C=Nc1ccc(N2CCOCC2)c(F)c1. The van der Waals surface area contributed by atoms with Gasteiger partial charge in [-0.3, -0.25) is 4.99 Å². The van der Waals surface area contributed by atoms with Gasteiger partial charge in [0, 0.05) is 36.3 Å². The highest BCUT2D eigenvalue weighted by atomic mass is 19.1. The summed E-state index contributed by atoms with van der Waals surface area (Å²) < 4.78 is 33.2. The first-order chi connectivity index (χ1) is 12.6. The lowest BCUT2D eigenvalue weighted by molar-refractivity contribution is 0.122. The van der Waals surface area contributed by atoms with Crippen LogP contribution in [-0.2, 0) is 4.74 Å². The summed E-state index contributed by atoms with van der Waals surface area (Å²) in [7, 11) is 0. The van der Waals surface area contributed by atoms with E-state index in [0.717, 1.165) is 0 Å². The van der Waals surface area contributed by atoms with Gasteiger partial charge in [0.05, 0.1) is 30.2 Å². The number of hydrogen-bond acceptors (Lipinski definition) is 4. The Morgan fingerprint density at radius 3 is 2.69 bits per heavy atom. The lowest BCUT2D eigenvalue weighted by atomic mass is 10.2. The Morgan fingerprint density at radius 2 is 1.92 bits per heavy atom. The average Bonchev–Trinajstić information content (AvgIpc) is 2.95. The first kappa shape index (κ1) is 16.5. The molecule has 26 heavy (non-hydrogen) atoms. The smallest absolute Gasteiger partial charge is 0.198 e. The van der Waals surface area contributed by atoms with Gasteiger partial charge in [0.1, 0.15) is 11.6 Å². The highest BCUT2D eigenvalue weighted by molar-refractivity contribution is 6.02. The van der Waals surface area contributed by atoms with Gasteiger partial charge in [-0.2, -0.15) is 0 Å². The van der Waals surface area contributed by atoms with Crippen molar-refractivity contribution >= 4 is 28.5 Å². The maximum atomic E-state index is 14.4. The Labute approximate surface area is 148 Å². The third-order valence-corrected chi connectivity index (χ3v) is 4.41. The fourth-order valence-corrected chi connectivity index (χ4v) is 3.08. The van der Waals surface area contributed by atoms with Gasteiger partial charge in [0.2, 0.25) is 0 Å². The highest BCUT2D eigenvalue weighted by Gasteiger charge is 2.15. The molecule has 3 aromatic rings. The van der Waals surface area contributed by atoms with Crippen LogP contribution in [0.1, 0.15) is 5.56 Å². The molecule has 2 aromatic carbocycles. The van der Waals surface area contributed by atoms with E-state index in [1.54, 1.807) is 18.2 Å². The number of ether oxygens (including phenoxy) is 1. The van der Waals surface area contributed by atoms with Crippen LogP contribution >= 0.6 is 0 Å². The molecule has 134 valence electrons. The molecule has 2 N–H and O–H groups in total. The molecule has 0 aliphatic carbocycles. The van der Waals surface area contributed by atoms with Crippen molar-refractivity contribution in [1.82, 2.24) is 4.98 Å². The Balaban J connectivity index is 1.62. The first-order valence-corrected chi connectivity index (χ1v) is 8.28. The lowest BCUT2D eigenvalue weighted by Crippen LogP contribution is -2.36. The van der Waals surface area contributed by atoms with Gasteiger partial charge in [0.25, 0.3) is 0 Å². The Bertz CT molecular complexity index is 978. The van der Waals surface area contributed by atoms with E-state index in [0.29, 0.717) is 54.1 Å². The number of nitrogens with one attached hydrogen (secondary N) is 1. The van der Waals surface area contributed by atoms with Crippen molar-refractivity contribution in [1.29, 1.82) is 0 Å². The number of aromatic hydroxyl groups is 1. The van der Waals surface area contributed by atoms with Crippen LogP contribution in [-0.4, -0.2) is 42.6 Å². The minimum Gasteiger partial charge on any atom is -0.494 e. The van der Waals surface area contributed by atoms with Crippen LogP contribution in [0.5, 0.6) is 5.88 Å². The summed E-state index contributed by atoms with van der Waals surface area (Å²) in [6, 6.07) is 8.89. The molecule has 0 unspecified atom stereocenters. The van der Waals surface area contributed by atoms with Crippen LogP contribution in [0, 0.1) is 11.6 Å². The predicted octanol–water partition coefficient (Wildman–Crippen LogP) is 3.74. The number of aromatic amines is 1. The topological polar surface area (TPSA) is 60.8 Å². The Morgan fingerprint density at radius 1 is 1.12 bits per heavy atom. The van der Waals surface area contributed by atoms with Crippen LogP contribution in [0.15, 0.2) is 41.4 Å². The van der Waals surface area contributed by atoms with Crippen LogP contribution in [0.2, 0.25) is 0 Å². The van der Waals surface area contributed by atoms with Gasteiger partial charge in [-0.25, -0.2) is 8.78 Å². The van der Waals surface area contributed by atoms with Gasteiger partial charge in [-0.15, -0.1) is 0 Å². The monoisotopic (exact) mass is 357 g/mol. The summed E-state index contributed by atoms with van der Waals surface area (Å²) in [5.41, 5.74) is 1.88. The van der Waals surface area contributed by atoms with Crippen molar-refractivity contribution in [3.63, 3.8) is 0 Å². The molecule has 4 rings (SSSR count). The molecule has 1 saturated heterocycles. The van der Waals surface area contributed by atoms with E-state index < -0.39 is 5.82 Å². The van der Waals surface area contributed by atoms with Crippen LogP contribution in [0.3, 0.4) is 0 Å². The standard InChI is InChI=1S/C19H17F2N3O2/c20-12-1-3-17-14(9-12)15(19(25)23-17)11-22-13-2-4-18(16(21)10-13)24-5-7-26-8-6-24/h1-4,9-11,23,25H,5-8H2. The molecule has 1 aliphatic heterocycles. The van der Waals surface area contributed by atoms with Gasteiger partial charge in [0.15, 0.2) is 5.88 Å². The Hall–Kier alpha value is -2.93. The lowest BCUT2D eigenvalue weighted by Gasteiger charge is -2.29. The quantitative estimate of drug-likeness (QED) is 0.702. The van der Waals surface area contributed by atoms with Crippen molar-refractivity contribution in [2.75, 3.05) is 31.2 Å². The molecular weight excluding hydrogens is 340 g/mol. The van der Waals surface area contributed by atoms with E-state index >= 15 is 0 Å². The fraction of sp³-hybridized carbons (Fsp3) is 0.211. The molecule has 0 saturated carbocycles. The molecule has 0 amide bonds. The molecule has 1 aliphatic rings. The first-order valence-electron chi connectivity index (χ1n) is 8.28. The summed E-state index contributed by atoms with van der Waals surface area (Å²) in [6.45, 7) is 2.45. The van der Waals surface area contributed by atoms with Gasteiger partial charge < -0.3 is 19.7 Å². The largest absolute Gasteiger partial charge is 0.494 e.